The minimum absolute atomic E-state index is 0.0978. The molecule has 2 heteroatoms. The Kier molecular flexibility index (Phi) is 2.48. The molecule has 62 valence electrons. The molecule has 0 aromatic rings. The Hall–Kier alpha value is -0.590. The predicted octanol–water partition coefficient (Wildman–Crippen LogP) is 1.32. The van der Waals surface area contributed by atoms with Gasteiger partial charge in [0.1, 0.15) is 5.94 Å². The number of rotatable bonds is 1. The summed E-state index contributed by atoms with van der Waals surface area (Å²) in [5.74, 6) is 1.81. The van der Waals surface area contributed by atoms with Crippen molar-refractivity contribution in [1.82, 2.24) is 0 Å². The molecule has 0 aromatic heterocycles. The monoisotopic (exact) mass is 154 g/mol. The molecular formula is C9H14O2. The van der Waals surface area contributed by atoms with E-state index in [2.05, 4.69) is 0 Å². The highest BCUT2D eigenvalue weighted by molar-refractivity contribution is 5.47. The topological polar surface area (TPSA) is 37.3 Å². The van der Waals surface area contributed by atoms with Crippen molar-refractivity contribution in [2.75, 3.05) is 0 Å². The van der Waals surface area contributed by atoms with Crippen LogP contribution in [0.4, 0.5) is 0 Å². The van der Waals surface area contributed by atoms with Gasteiger partial charge in [-0.25, -0.2) is 4.79 Å². The summed E-state index contributed by atoms with van der Waals surface area (Å²) in [5, 5.41) is 9.32. The van der Waals surface area contributed by atoms with Gasteiger partial charge in [-0.2, -0.15) is 0 Å². The smallest absolute Gasteiger partial charge is 0.120 e. The molecule has 11 heavy (non-hydrogen) atoms. The van der Waals surface area contributed by atoms with Crippen molar-refractivity contribution in [3.05, 3.63) is 6.08 Å². The second-order valence-electron chi connectivity index (χ2n) is 3.67. The van der Waals surface area contributed by atoms with Crippen LogP contribution in [-0.4, -0.2) is 17.2 Å². The number of aliphatic hydroxyl groups is 1. The summed E-state index contributed by atoms with van der Waals surface area (Å²) in [6, 6.07) is 0. The maximum absolute atomic E-state index is 10.1. The number of allylic oxidation sites excluding steroid dienone is 1. The second kappa shape index (κ2) is 3.21. The molecule has 2 unspecified atom stereocenters. The van der Waals surface area contributed by atoms with E-state index in [9.17, 15) is 9.90 Å². The molecule has 1 aliphatic carbocycles. The molecule has 1 fully saturated rings. The maximum atomic E-state index is 10.1. The summed E-state index contributed by atoms with van der Waals surface area (Å²) in [4.78, 5) is 10.1. The first kappa shape index (κ1) is 8.51. The molecule has 0 saturated heterocycles. The fourth-order valence-corrected chi connectivity index (χ4v) is 1.76. The molecular weight excluding hydrogens is 140 g/mol. The van der Waals surface area contributed by atoms with E-state index in [0.717, 1.165) is 19.3 Å². The highest BCUT2D eigenvalue weighted by Crippen LogP contribution is 2.36. The lowest BCUT2D eigenvalue weighted by Gasteiger charge is -2.32. The minimum atomic E-state index is -0.224. The van der Waals surface area contributed by atoms with E-state index < -0.39 is 0 Å². The Labute approximate surface area is 66.9 Å². The van der Waals surface area contributed by atoms with E-state index in [1.165, 1.54) is 0 Å². The highest BCUT2D eigenvalue weighted by atomic mass is 16.3. The van der Waals surface area contributed by atoms with E-state index >= 15 is 0 Å². The van der Waals surface area contributed by atoms with Gasteiger partial charge in [-0.15, -0.1) is 0 Å². The van der Waals surface area contributed by atoms with E-state index in [4.69, 9.17) is 0 Å². The molecule has 0 aliphatic heterocycles. The second-order valence-corrected chi connectivity index (χ2v) is 3.67. The molecule has 0 aromatic carbocycles. The third-order valence-electron chi connectivity index (χ3n) is 2.39. The van der Waals surface area contributed by atoms with Crippen molar-refractivity contribution < 1.29 is 9.90 Å². The largest absolute Gasteiger partial charge is 0.393 e. The molecule has 0 bridgehead atoms. The van der Waals surface area contributed by atoms with Crippen LogP contribution in [0, 0.1) is 5.41 Å². The van der Waals surface area contributed by atoms with Gasteiger partial charge in [0, 0.05) is 6.08 Å². The van der Waals surface area contributed by atoms with Gasteiger partial charge in [0.05, 0.1) is 6.10 Å². The Morgan fingerprint density at radius 2 is 2.45 bits per heavy atom. The lowest BCUT2D eigenvalue weighted by atomic mass is 9.75. The third-order valence-corrected chi connectivity index (χ3v) is 2.39. The van der Waals surface area contributed by atoms with Crippen LogP contribution in [0.1, 0.15) is 32.6 Å². The van der Waals surface area contributed by atoms with E-state index in [0.29, 0.717) is 6.42 Å². The fourth-order valence-electron chi connectivity index (χ4n) is 1.76. The average Bonchev–Trinajstić information content (AvgIpc) is 1.86. The van der Waals surface area contributed by atoms with Crippen LogP contribution >= 0.6 is 0 Å². The van der Waals surface area contributed by atoms with Gasteiger partial charge in [-0.1, -0.05) is 13.3 Å². The molecule has 0 radical (unpaired) electrons. The van der Waals surface area contributed by atoms with Crippen molar-refractivity contribution >= 4 is 5.94 Å². The zero-order chi connectivity index (χ0) is 8.32. The van der Waals surface area contributed by atoms with Crippen molar-refractivity contribution in [3.63, 3.8) is 0 Å². The first-order valence-corrected chi connectivity index (χ1v) is 4.06. The molecule has 0 amide bonds. The van der Waals surface area contributed by atoms with Crippen molar-refractivity contribution in [3.8, 4) is 0 Å². The Morgan fingerprint density at radius 1 is 1.73 bits per heavy atom. The van der Waals surface area contributed by atoms with Crippen LogP contribution in [0.25, 0.3) is 0 Å². The van der Waals surface area contributed by atoms with Gasteiger partial charge < -0.3 is 5.11 Å². The number of aliphatic hydroxyl groups excluding tert-OH is 1. The predicted molar refractivity (Wildman–Crippen MR) is 42.8 cm³/mol. The van der Waals surface area contributed by atoms with E-state index in [1.54, 1.807) is 6.08 Å². The lowest BCUT2D eigenvalue weighted by molar-refractivity contribution is 0.0798. The maximum Gasteiger partial charge on any atom is 0.120 e. The summed E-state index contributed by atoms with van der Waals surface area (Å²) >= 11 is 0. The van der Waals surface area contributed by atoms with Crippen LogP contribution < -0.4 is 0 Å². The quantitative estimate of drug-likeness (QED) is 0.578. The third kappa shape index (κ3) is 2.18. The lowest BCUT2D eigenvalue weighted by Crippen LogP contribution is -2.26. The summed E-state index contributed by atoms with van der Waals surface area (Å²) in [5.41, 5.74) is -0.0978. The van der Waals surface area contributed by atoms with E-state index in [-0.39, 0.29) is 11.5 Å². The molecule has 1 rings (SSSR count). The van der Waals surface area contributed by atoms with Gasteiger partial charge >= 0.3 is 0 Å². The first-order valence-electron chi connectivity index (χ1n) is 4.06. The number of hydrogen-bond acceptors (Lipinski definition) is 2. The summed E-state index contributed by atoms with van der Waals surface area (Å²) in [7, 11) is 0. The summed E-state index contributed by atoms with van der Waals surface area (Å²) in [6.07, 6.45) is 4.92. The van der Waals surface area contributed by atoms with Gasteiger partial charge in [-0.3, -0.25) is 0 Å². The Bertz CT molecular complexity index is 182. The van der Waals surface area contributed by atoms with Gasteiger partial charge in [0.15, 0.2) is 0 Å². The van der Waals surface area contributed by atoms with Crippen LogP contribution in [0.15, 0.2) is 6.08 Å². The van der Waals surface area contributed by atoms with E-state index in [1.807, 2.05) is 12.9 Å². The first-order chi connectivity index (χ1) is 5.16. The minimum Gasteiger partial charge on any atom is -0.393 e. The van der Waals surface area contributed by atoms with Crippen LogP contribution in [0.3, 0.4) is 0 Å². The van der Waals surface area contributed by atoms with Crippen molar-refractivity contribution in [2.45, 2.75) is 38.7 Å². The zero-order valence-electron chi connectivity index (χ0n) is 6.84. The molecule has 1 saturated carbocycles. The summed E-state index contributed by atoms with van der Waals surface area (Å²) < 4.78 is 0. The van der Waals surface area contributed by atoms with Crippen molar-refractivity contribution in [2.24, 2.45) is 5.41 Å². The molecule has 2 atom stereocenters. The Balaban J connectivity index is 2.62. The van der Waals surface area contributed by atoms with Gasteiger partial charge in [0.25, 0.3) is 0 Å². The molecule has 0 heterocycles. The number of carbonyl (C=O) groups excluding carboxylic acids is 1. The van der Waals surface area contributed by atoms with Crippen LogP contribution in [-0.2, 0) is 4.79 Å². The highest BCUT2D eigenvalue weighted by Gasteiger charge is 2.29. The standard InChI is InChI=1S/C9H14O2/c1-9(5-6-10)4-2-3-8(11)7-9/h5,8,11H,2-4,7H2,1H3. The van der Waals surface area contributed by atoms with Gasteiger partial charge in [-0.05, 0) is 24.7 Å². The molecule has 0 spiro atoms. The van der Waals surface area contributed by atoms with Crippen LogP contribution in [0.2, 0.25) is 0 Å². The average molecular weight is 154 g/mol. The Morgan fingerprint density at radius 3 is 3.00 bits per heavy atom. The SMILES string of the molecule is CC1(C=C=O)CCCC(O)C1. The molecule has 1 N–H and O–H groups in total. The van der Waals surface area contributed by atoms with Gasteiger partial charge in [0.2, 0.25) is 0 Å². The van der Waals surface area contributed by atoms with Crippen molar-refractivity contribution in [1.29, 1.82) is 0 Å². The molecule has 1 aliphatic rings. The fraction of sp³-hybridized carbons (Fsp3) is 0.778. The normalized spacial score (nSPS) is 37.8. The number of hydrogen-bond donors (Lipinski definition) is 1. The summed E-state index contributed by atoms with van der Waals surface area (Å²) in [6.45, 7) is 2.00. The zero-order valence-corrected chi connectivity index (χ0v) is 6.84. The van der Waals surface area contributed by atoms with Crippen LogP contribution in [0.5, 0.6) is 0 Å². The molecule has 2 nitrogen and oxygen atoms in total.